The van der Waals surface area contributed by atoms with E-state index < -0.39 is 0 Å². The fourth-order valence-corrected chi connectivity index (χ4v) is 4.01. The monoisotopic (exact) mass is 328 g/mol. The summed E-state index contributed by atoms with van der Waals surface area (Å²) in [6.07, 6.45) is 1.75. The lowest BCUT2D eigenvalue weighted by Crippen LogP contribution is -2.40. The highest BCUT2D eigenvalue weighted by Gasteiger charge is 2.26. The Balaban J connectivity index is 1.98. The number of nitrogens with one attached hydrogen (secondary N) is 1. The van der Waals surface area contributed by atoms with Crippen molar-refractivity contribution < 1.29 is 0 Å². The van der Waals surface area contributed by atoms with Crippen LogP contribution in [0.2, 0.25) is 0 Å². The molecule has 1 saturated heterocycles. The van der Waals surface area contributed by atoms with Gasteiger partial charge < -0.3 is 9.88 Å². The Labute approximate surface area is 139 Å². The predicted octanol–water partition coefficient (Wildman–Crippen LogP) is 2.78. The fourth-order valence-electron chi connectivity index (χ4n) is 3.34. The molecule has 0 bridgehead atoms. The van der Waals surface area contributed by atoms with Crippen LogP contribution in [0.1, 0.15) is 37.2 Å². The van der Waals surface area contributed by atoms with Gasteiger partial charge in [-0.2, -0.15) is 16.6 Å². The van der Waals surface area contributed by atoms with Gasteiger partial charge in [0.1, 0.15) is 11.9 Å². The van der Waals surface area contributed by atoms with Crippen LogP contribution in [0.25, 0.3) is 0 Å². The molecule has 2 unspecified atom stereocenters. The Bertz CT molecular complexity index is 765. The van der Waals surface area contributed by atoms with E-state index in [4.69, 9.17) is 0 Å². The van der Waals surface area contributed by atoms with Crippen molar-refractivity contribution in [2.75, 3.05) is 18.0 Å². The molecular formula is C17H20N4OS. The molecule has 0 saturated carbocycles. The second-order valence-corrected chi connectivity index (χ2v) is 7.26. The van der Waals surface area contributed by atoms with Gasteiger partial charge in [0.25, 0.3) is 5.56 Å². The Morgan fingerprint density at radius 3 is 2.78 bits per heavy atom. The van der Waals surface area contributed by atoms with Crippen molar-refractivity contribution in [3.05, 3.63) is 44.1 Å². The number of thiophene rings is 1. The first-order valence-corrected chi connectivity index (χ1v) is 8.80. The molecule has 0 spiro atoms. The third-order valence-electron chi connectivity index (χ3n) is 4.18. The average Bonchev–Trinajstić information content (AvgIpc) is 2.98. The fraction of sp³-hybridized carbons (Fsp3) is 0.471. The SMILES string of the molecule is CC1CC(C)CN(c2nc(Cc3ccsc3)[nH]c(=O)c2C#N)C1. The van der Waals surface area contributed by atoms with Gasteiger partial charge in [0.05, 0.1) is 0 Å². The van der Waals surface area contributed by atoms with E-state index in [1.807, 2.05) is 22.9 Å². The third kappa shape index (κ3) is 3.45. The minimum absolute atomic E-state index is 0.125. The predicted molar refractivity (Wildman–Crippen MR) is 91.9 cm³/mol. The van der Waals surface area contributed by atoms with Gasteiger partial charge in [-0.15, -0.1) is 0 Å². The van der Waals surface area contributed by atoms with Crippen LogP contribution in [0.4, 0.5) is 5.82 Å². The number of hydrogen-bond donors (Lipinski definition) is 1. The number of rotatable bonds is 3. The summed E-state index contributed by atoms with van der Waals surface area (Å²) >= 11 is 1.62. The van der Waals surface area contributed by atoms with Gasteiger partial charge in [-0.1, -0.05) is 13.8 Å². The minimum atomic E-state index is -0.339. The molecule has 0 aliphatic carbocycles. The molecule has 2 atom stereocenters. The molecule has 2 aromatic rings. The first-order chi connectivity index (χ1) is 11.1. The maximum Gasteiger partial charge on any atom is 0.271 e. The summed E-state index contributed by atoms with van der Waals surface area (Å²) in [6, 6.07) is 4.05. The maximum atomic E-state index is 12.3. The van der Waals surface area contributed by atoms with Gasteiger partial charge in [-0.05, 0) is 40.6 Å². The summed E-state index contributed by atoms with van der Waals surface area (Å²) in [7, 11) is 0. The summed E-state index contributed by atoms with van der Waals surface area (Å²) in [6.45, 7) is 6.09. The van der Waals surface area contributed by atoms with Crippen molar-refractivity contribution in [2.45, 2.75) is 26.7 Å². The molecule has 0 amide bonds. The Morgan fingerprint density at radius 1 is 1.43 bits per heavy atom. The van der Waals surface area contributed by atoms with E-state index in [0.29, 0.717) is 29.9 Å². The standard InChI is InChI=1S/C17H20N4OS/c1-11-5-12(2)9-21(8-11)16-14(7-18)17(22)20-15(19-16)6-13-3-4-23-10-13/h3-4,10-12H,5-6,8-9H2,1-2H3,(H,19,20,22). The van der Waals surface area contributed by atoms with E-state index >= 15 is 0 Å². The highest BCUT2D eigenvalue weighted by atomic mass is 32.1. The molecule has 1 N–H and O–H groups in total. The summed E-state index contributed by atoms with van der Waals surface area (Å²) in [5, 5.41) is 13.4. The number of aromatic amines is 1. The number of aromatic nitrogens is 2. The number of H-pyrrole nitrogens is 1. The van der Waals surface area contributed by atoms with Gasteiger partial charge in [0.15, 0.2) is 11.4 Å². The number of nitriles is 1. The Morgan fingerprint density at radius 2 is 2.17 bits per heavy atom. The minimum Gasteiger partial charge on any atom is -0.355 e. The molecule has 0 radical (unpaired) electrons. The molecule has 23 heavy (non-hydrogen) atoms. The van der Waals surface area contributed by atoms with Gasteiger partial charge in [-0.25, -0.2) is 4.98 Å². The maximum absolute atomic E-state index is 12.3. The van der Waals surface area contributed by atoms with Gasteiger partial charge in [0.2, 0.25) is 0 Å². The molecule has 5 nitrogen and oxygen atoms in total. The lowest BCUT2D eigenvalue weighted by Gasteiger charge is -2.36. The van der Waals surface area contributed by atoms with Gasteiger partial charge in [-0.3, -0.25) is 4.79 Å². The molecule has 1 fully saturated rings. The zero-order chi connectivity index (χ0) is 16.4. The Hall–Kier alpha value is -2.13. The van der Waals surface area contributed by atoms with E-state index in [1.54, 1.807) is 11.3 Å². The van der Waals surface area contributed by atoms with Crippen LogP contribution in [0, 0.1) is 23.2 Å². The first-order valence-electron chi connectivity index (χ1n) is 7.86. The highest BCUT2D eigenvalue weighted by molar-refractivity contribution is 7.07. The molecule has 3 rings (SSSR count). The highest BCUT2D eigenvalue weighted by Crippen LogP contribution is 2.26. The molecule has 0 aromatic carbocycles. The van der Waals surface area contributed by atoms with Crippen molar-refractivity contribution in [2.24, 2.45) is 11.8 Å². The Kier molecular flexibility index (Phi) is 4.49. The van der Waals surface area contributed by atoms with Crippen LogP contribution in [-0.4, -0.2) is 23.1 Å². The lowest BCUT2D eigenvalue weighted by molar-refractivity contribution is 0.355. The molecule has 6 heteroatoms. The first kappa shape index (κ1) is 15.8. The van der Waals surface area contributed by atoms with Crippen LogP contribution in [-0.2, 0) is 6.42 Å². The molecular weight excluding hydrogens is 308 g/mol. The van der Waals surface area contributed by atoms with Crippen LogP contribution in [0.3, 0.4) is 0 Å². The number of piperidine rings is 1. The van der Waals surface area contributed by atoms with Crippen molar-refractivity contribution in [1.82, 2.24) is 9.97 Å². The van der Waals surface area contributed by atoms with Crippen molar-refractivity contribution >= 4 is 17.2 Å². The quantitative estimate of drug-likeness (QED) is 0.940. The second-order valence-electron chi connectivity index (χ2n) is 6.48. The van der Waals surface area contributed by atoms with E-state index in [2.05, 4.69) is 28.7 Å². The molecule has 2 aromatic heterocycles. The second kappa shape index (κ2) is 6.55. The normalized spacial score (nSPS) is 21.2. The third-order valence-corrected chi connectivity index (χ3v) is 4.91. The van der Waals surface area contributed by atoms with E-state index in [9.17, 15) is 10.1 Å². The topological polar surface area (TPSA) is 72.8 Å². The van der Waals surface area contributed by atoms with Crippen LogP contribution >= 0.6 is 11.3 Å². The van der Waals surface area contributed by atoms with E-state index in [0.717, 1.165) is 18.7 Å². The van der Waals surface area contributed by atoms with E-state index in [1.165, 1.54) is 6.42 Å². The summed E-state index contributed by atoms with van der Waals surface area (Å²) in [5.74, 6) is 2.23. The smallest absolute Gasteiger partial charge is 0.271 e. The summed E-state index contributed by atoms with van der Waals surface area (Å²) in [4.78, 5) is 21.8. The summed E-state index contributed by atoms with van der Waals surface area (Å²) in [5.41, 5.74) is 0.906. The van der Waals surface area contributed by atoms with Crippen molar-refractivity contribution in [3.8, 4) is 6.07 Å². The number of anilines is 1. The summed E-state index contributed by atoms with van der Waals surface area (Å²) < 4.78 is 0. The number of hydrogen-bond acceptors (Lipinski definition) is 5. The van der Waals surface area contributed by atoms with Crippen LogP contribution in [0.15, 0.2) is 21.6 Å². The van der Waals surface area contributed by atoms with Crippen molar-refractivity contribution in [3.63, 3.8) is 0 Å². The lowest BCUT2D eigenvalue weighted by atomic mass is 9.92. The molecule has 3 heterocycles. The zero-order valence-electron chi connectivity index (χ0n) is 13.4. The van der Waals surface area contributed by atoms with Gasteiger partial charge >= 0.3 is 0 Å². The van der Waals surface area contributed by atoms with Crippen LogP contribution < -0.4 is 10.5 Å². The largest absolute Gasteiger partial charge is 0.355 e. The molecule has 120 valence electrons. The van der Waals surface area contributed by atoms with E-state index in [-0.39, 0.29) is 11.1 Å². The molecule has 1 aliphatic heterocycles. The van der Waals surface area contributed by atoms with Gasteiger partial charge in [0, 0.05) is 19.5 Å². The average molecular weight is 328 g/mol. The zero-order valence-corrected chi connectivity index (χ0v) is 14.2. The van der Waals surface area contributed by atoms with Crippen LogP contribution in [0.5, 0.6) is 0 Å². The molecule has 1 aliphatic rings. The number of nitrogens with zero attached hydrogens (tertiary/aromatic N) is 3. The van der Waals surface area contributed by atoms with Crippen molar-refractivity contribution in [1.29, 1.82) is 5.26 Å².